The zero-order valence-corrected chi connectivity index (χ0v) is 31.6. The molecule has 5 heterocycles. The van der Waals surface area contributed by atoms with Crippen LogP contribution in [0, 0.1) is 11.8 Å². The van der Waals surface area contributed by atoms with Crippen molar-refractivity contribution in [2.24, 2.45) is 11.8 Å². The highest BCUT2D eigenvalue weighted by atomic mass is 32.1. The van der Waals surface area contributed by atoms with E-state index in [1.165, 1.54) is 0 Å². The van der Waals surface area contributed by atoms with Crippen LogP contribution in [0.2, 0.25) is 0 Å². The Balaban J connectivity index is 1.02. The van der Waals surface area contributed by atoms with Gasteiger partial charge in [0.2, 0.25) is 0 Å². The molecule has 2 aliphatic heterocycles. The predicted molar refractivity (Wildman–Crippen MR) is 201 cm³/mol. The zero-order chi connectivity index (χ0) is 36.2. The van der Waals surface area contributed by atoms with Crippen molar-refractivity contribution >= 4 is 33.9 Å². The molecule has 0 unspecified atom stereocenters. The zero-order valence-electron chi connectivity index (χ0n) is 30.7. The lowest BCUT2D eigenvalue weighted by Gasteiger charge is -2.27. The highest BCUT2D eigenvalue weighted by Gasteiger charge is 2.39. The summed E-state index contributed by atoms with van der Waals surface area (Å²) in [6.07, 6.45) is 2.96. The van der Waals surface area contributed by atoms with Crippen LogP contribution in [0.25, 0.3) is 43.2 Å². The Morgan fingerprint density at radius 2 is 1.22 bits per heavy atom. The Morgan fingerprint density at radius 1 is 0.725 bits per heavy atom. The molecule has 7 rings (SSSR count). The summed E-state index contributed by atoms with van der Waals surface area (Å²) < 4.78 is 11.4. The van der Waals surface area contributed by atoms with Crippen molar-refractivity contribution in [3.63, 3.8) is 0 Å². The van der Waals surface area contributed by atoms with E-state index in [0.29, 0.717) is 24.9 Å². The van der Waals surface area contributed by atoms with Crippen molar-refractivity contribution in [2.75, 3.05) is 13.1 Å². The fourth-order valence-electron chi connectivity index (χ4n) is 7.11. The molecule has 4 atom stereocenters. The first-order valence-electron chi connectivity index (χ1n) is 17.8. The van der Waals surface area contributed by atoms with E-state index < -0.39 is 11.2 Å². The second-order valence-electron chi connectivity index (χ2n) is 16.3. The molecule has 2 fully saturated rings. The number of imidazole rings is 2. The summed E-state index contributed by atoms with van der Waals surface area (Å²) in [5.74, 6) is 2.34. The summed E-state index contributed by atoms with van der Waals surface area (Å²) in [6.45, 7) is 17.0. The number of hydrogen-bond donors (Lipinski definition) is 2. The molecule has 0 saturated carbocycles. The third-order valence-electron chi connectivity index (χ3n) is 9.40. The third-order valence-corrected chi connectivity index (χ3v) is 10.5. The molecule has 0 spiro atoms. The molecule has 3 aromatic heterocycles. The van der Waals surface area contributed by atoms with Gasteiger partial charge in [0.1, 0.15) is 27.7 Å². The quantitative estimate of drug-likeness (QED) is 0.188. The molecule has 2 aliphatic rings. The Kier molecular flexibility index (Phi) is 8.98. The maximum absolute atomic E-state index is 13.0. The van der Waals surface area contributed by atoms with Gasteiger partial charge in [-0.2, -0.15) is 0 Å². The molecule has 2 aromatic carbocycles. The predicted octanol–water partition coefficient (Wildman–Crippen LogP) is 9.98. The maximum atomic E-state index is 13.0. The van der Waals surface area contributed by atoms with Crippen molar-refractivity contribution in [1.82, 2.24) is 29.7 Å². The van der Waals surface area contributed by atoms with Crippen molar-refractivity contribution in [3.05, 3.63) is 72.4 Å². The van der Waals surface area contributed by atoms with Crippen LogP contribution in [0.5, 0.6) is 0 Å². The highest BCUT2D eigenvalue weighted by molar-refractivity contribution is 7.21. The minimum absolute atomic E-state index is 0.121. The van der Waals surface area contributed by atoms with E-state index in [4.69, 9.17) is 14.5 Å². The smallest absolute Gasteiger partial charge is 0.410 e. The summed E-state index contributed by atoms with van der Waals surface area (Å²) in [7, 11) is 0. The first-order chi connectivity index (χ1) is 24.1. The minimum Gasteiger partial charge on any atom is -0.444 e. The van der Waals surface area contributed by atoms with Gasteiger partial charge in [-0.1, -0.05) is 62.4 Å². The third kappa shape index (κ3) is 7.54. The number of benzene rings is 2. The standard InChI is InChI=1S/C40H48N6O4S/c1-23-17-31(45(21-23)37(47)49-39(3,4)5)34-41-20-30(43-34)27-13-9-25(10-14-27)26-11-15-28(16-12-26)33-19-29-36(51-33)44-35(42-29)32-18-24(2)22-46(32)38(48)50-40(6,7)8/h9-16,19-20,23-24,31-32H,17-18,21-22H2,1-8H3,(H,41,43)(H,42,44)/t23-,24-,31-,32-/m0/s1. The average molecular weight is 709 g/mol. The van der Waals surface area contributed by atoms with E-state index in [-0.39, 0.29) is 24.3 Å². The molecule has 51 heavy (non-hydrogen) atoms. The van der Waals surface area contributed by atoms with Crippen molar-refractivity contribution in [2.45, 2.75) is 91.5 Å². The van der Waals surface area contributed by atoms with Crippen LogP contribution in [0.3, 0.4) is 0 Å². The minimum atomic E-state index is -0.547. The van der Waals surface area contributed by atoms with Gasteiger partial charge >= 0.3 is 12.2 Å². The van der Waals surface area contributed by atoms with Crippen LogP contribution in [-0.2, 0) is 9.47 Å². The summed E-state index contributed by atoms with van der Waals surface area (Å²) in [6, 6.07) is 18.9. The summed E-state index contributed by atoms with van der Waals surface area (Å²) in [4.78, 5) is 48.2. The van der Waals surface area contributed by atoms with E-state index in [1.54, 1.807) is 16.2 Å². The topological polar surface area (TPSA) is 116 Å². The fraction of sp³-hybridized carbons (Fsp3) is 0.450. The normalized spacial score (nSPS) is 21.1. The Hall–Kier alpha value is -4.64. The molecule has 268 valence electrons. The molecular formula is C40H48N6O4S. The first-order valence-corrected chi connectivity index (χ1v) is 18.7. The lowest BCUT2D eigenvalue weighted by atomic mass is 10.0. The number of carbonyl (C=O) groups excluding carboxylic acids is 2. The van der Waals surface area contributed by atoms with Crippen LogP contribution in [0.1, 0.15) is 92.0 Å². The van der Waals surface area contributed by atoms with Crippen molar-refractivity contribution < 1.29 is 19.1 Å². The molecule has 2 N–H and O–H groups in total. The van der Waals surface area contributed by atoms with Crippen LogP contribution in [0.15, 0.2) is 60.8 Å². The van der Waals surface area contributed by atoms with Crippen LogP contribution < -0.4 is 0 Å². The van der Waals surface area contributed by atoms with Gasteiger partial charge < -0.3 is 19.4 Å². The van der Waals surface area contributed by atoms with Gasteiger partial charge in [-0.15, -0.1) is 11.3 Å². The fourth-order valence-corrected chi connectivity index (χ4v) is 8.11. The Morgan fingerprint density at radius 3 is 1.73 bits per heavy atom. The first kappa shape index (κ1) is 34.8. The largest absolute Gasteiger partial charge is 0.444 e. The van der Waals surface area contributed by atoms with Gasteiger partial charge in [-0.05, 0) is 94.5 Å². The number of H-pyrrole nitrogens is 2. The molecule has 10 nitrogen and oxygen atoms in total. The van der Waals surface area contributed by atoms with Gasteiger partial charge in [0.25, 0.3) is 0 Å². The number of amides is 2. The SMILES string of the molecule is C[C@H]1C[C@@H](c2ncc(-c3ccc(-c4ccc(-c5cc6[nH]c([C@@H]7C[C@H](C)CN7C(=O)OC(C)(C)C)nc6s5)cc4)cc3)[nH]2)N(C(=O)OC(C)(C)C)C1. The number of nitrogens with zero attached hydrogens (tertiary/aromatic N) is 4. The summed E-state index contributed by atoms with van der Waals surface area (Å²) in [5, 5.41) is 0. The van der Waals surface area contributed by atoms with E-state index in [9.17, 15) is 9.59 Å². The van der Waals surface area contributed by atoms with Crippen LogP contribution >= 0.6 is 11.3 Å². The Bertz CT molecular complexity index is 2000. The molecule has 0 bridgehead atoms. The van der Waals surface area contributed by atoms with Crippen LogP contribution in [0.4, 0.5) is 9.59 Å². The molecule has 2 saturated heterocycles. The lowest BCUT2D eigenvalue weighted by Crippen LogP contribution is -2.37. The number of thiophene rings is 1. The lowest BCUT2D eigenvalue weighted by molar-refractivity contribution is 0.0204. The van der Waals surface area contributed by atoms with E-state index in [1.807, 2.05) is 52.6 Å². The molecule has 0 aliphatic carbocycles. The second kappa shape index (κ2) is 13.2. The van der Waals surface area contributed by atoms with E-state index in [0.717, 1.165) is 67.7 Å². The van der Waals surface area contributed by atoms with Gasteiger partial charge in [0.05, 0.1) is 29.5 Å². The molecule has 5 aromatic rings. The highest BCUT2D eigenvalue weighted by Crippen LogP contribution is 2.40. The maximum Gasteiger partial charge on any atom is 0.410 e. The second-order valence-corrected chi connectivity index (χ2v) is 17.3. The average Bonchev–Trinajstić information content (AvgIpc) is 3.87. The van der Waals surface area contributed by atoms with Gasteiger partial charge in [-0.3, -0.25) is 9.80 Å². The van der Waals surface area contributed by atoms with Crippen molar-refractivity contribution in [3.8, 4) is 32.8 Å². The number of ether oxygens (including phenoxy) is 2. The van der Waals surface area contributed by atoms with E-state index >= 15 is 0 Å². The summed E-state index contributed by atoms with van der Waals surface area (Å²) >= 11 is 1.65. The number of hydrogen-bond acceptors (Lipinski definition) is 7. The molecule has 11 heteroatoms. The monoisotopic (exact) mass is 708 g/mol. The van der Waals surface area contributed by atoms with Crippen LogP contribution in [-0.4, -0.2) is 66.2 Å². The summed E-state index contributed by atoms with van der Waals surface area (Å²) in [5.41, 5.74) is 5.22. The number of rotatable bonds is 5. The molecule has 0 radical (unpaired) electrons. The number of aromatic amines is 2. The number of carbonyl (C=O) groups is 2. The number of aromatic nitrogens is 4. The number of fused-ring (bicyclic) bond motifs is 1. The van der Waals surface area contributed by atoms with Gasteiger partial charge in [0.15, 0.2) is 0 Å². The Labute approximate surface area is 303 Å². The van der Waals surface area contributed by atoms with Gasteiger partial charge in [0, 0.05) is 18.0 Å². The van der Waals surface area contributed by atoms with E-state index in [2.05, 4.69) is 83.4 Å². The van der Waals surface area contributed by atoms with Crippen molar-refractivity contribution in [1.29, 1.82) is 0 Å². The molecular weight excluding hydrogens is 661 g/mol. The number of nitrogens with one attached hydrogen (secondary N) is 2. The number of likely N-dealkylation sites (tertiary alicyclic amines) is 2. The van der Waals surface area contributed by atoms with Gasteiger partial charge in [-0.25, -0.2) is 19.6 Å². The molecule has 2 amide bonds.